The van der Waals surface area contributed by atoms with Gasteiger partial charge in [0, 0.05) is 146 Å². The maximum absolute atomic E-state index is 12.0. The Morgan fingerprint density at radius 2 is 0.837 bits per heavy atom. The molecule has 4 aliphatic heterocycles. The van der Waals surface area contributed by atoms with Gasteiger partial charge in [-0.2, -0.15) is 40.3 Å². The summed E-state index contributed by atoms with van der Waals surface area (Å²) in [6.45, 7) is 16.2. The fourth-order valence-electron chi connectivity index (χ4n) is 16.5. The topological polar surface area (TPSA) is 335 Å². The molecule has 4 aliphatic carbocycles. The van der Waals surface area contributed by atoms with Crippen molar-refractivity contribution < 1.29 is 9.59 Å². The molecule has 0 aromatic carbocycles. The zero-order chi connectivity index (χ0) is 72.5. The van der Waals surface area contributed by atoms with Crippen LogP contribution in [0.3, 0.4) is 0 Å². The minimum atomic E-state index is 0.263. The van der Waals surface area contributed by atoms with Gasteiger partial charge in [0.15, 0.2) is 11.6 Å². The second-order valence-electron chi connectivity index (χ2n) is 30.0. The number of halogens is 2. The summed E-state index contributed by atoms with van der Waals surface area (Å²) in [5.41, 5.74) is 6.45. The van der Waals surface area contributed by atoms with Crippen molar-refractivity contribution >= 4 is 105 Å². The summed E-state index contributed by atoms with van der Waals surface area (Å²) < 4.78 is 6.93. The van der Waals surface area contributed by atoms with Crippen molar-refractivity contribution in [3.05, 3.63) is 95.5 Å². The number of rotatable bonds is 18. The van der Waals surface area contributed by atoms with E-state index in [0.717, 1.165) is 129 Å². The molecule has 10 N–H and O–H groups in total. The molecule has 8 fully saturated rings. The molecule has 4 saturated carbocycles. The molecule has 30 nitrogen and oxygen atoms in total. The predicted octanol–water partition coefficient (Wildman–Crippen LogP) is 10.5. The van der Waals surface area contributed by atoms with Crippen molar-refractivity contribution in [3.8, 4) is 0 Å². The molecule has 2 spiro atoms. The minimum absolute atomic E-state index is 0.263. The summed E-state index contributed by atoms with van der Waals surface area (Å²) in [7, 11) is 7.50. The van der Waals surface area contributed by atoms with E-state index in [1.54, 1.807) is 55.9 Å². The summed E-state index contributed by atoms with van der Waals surface area (Å²) in [5, 5.41) is 51.6. The van der Waals surface area contributed by atoms with Crippen LogP contribution in [0, 0.1) is 48.3 Å². The van der Waals surface area contributed by atoms with Crippen LogP contribution in [-0.4, -0.2) is 177 Å². The average molecular weight is 1460 g/mol. The highest BCUT2D eigenvalue weighted by Crippen LogP contribution is 2.46. The van der Waals surface area contributed by atoms with Gasteiger partial charge >= 0.3 is 0 Å². The van der Waals surface area contributed by atoms with Gasteiger partial charge in [-0.05, 0) is 158 Å². The lowest BCUT2D eigenvalue weighted by Crippen LogP contribution is -2.37. The lowest BCUT2D eigenvalue weighted by atomic mass is 9.72. The van der Waals surface area contributed by atoms with Gasteiger partial charge in [-0.3, -0.25) is 28.3 Å². The Balaban J connectivity index is 0.000000124. The molecule has 8 aliphatic rings. The van der Waals surface area contributed by atoms with Crippen molar-refractivity contribution in [2.75, 3.05) is 94.9 Å². The third-order valence-corrected chi connectivity index (χ3v) is 22.8. The van der Waals surface area contributed by atoms with E-state index in [2.05, 4.69) is 125 Å². The highest BCUT2D eigenvalue weighted by Gasteiger charge is 2.44. The molecular weight excluding hydrogens is 1360 g/mol. The van der Waals surface area contributed by atoms with E-state index >= 15 is 0 Å². The Morgan fingerprint density at radius 3 is 1.22 bits per heavy atom. The molecule has 556 valence electrons. The largest absolute Gasteiger partial charge is 0.367 e. The molecule has 8 aromatic heterocycles. The number of likely N-dealkylation sites (tertiary alicyclic amines) is 2. The van der Waals surface area contributed by atoms with Crippen LogP contribution in [0.25, 0.3) is 0 Å². The third-order valence-electron chi connectivity index (χ3n) is 22.2. The SMILES string of the molecule is CCC(=O)N1CC2CC(Nc3nc(Nc4cnn(C)c4)ncc3Cl)CC2C1.CCC(=O)N1CCC2(CCC(Nc3nc(Nc4cnn(C)c4)ncc3C)CC2)C1.Cc1cnc(Nc2cnn(C)c2)nc1NC1CCC2(CCNC2)CC1.Cn1cc(Nc2ncc(Cl)c(NC3CC4CNCC4C3)n2)cn1. The van der Waals surface area contributed by atoms with Gasteiger partial charge in [0.05, 0.1) is 59.9 Å². The summed E-state index contributed by atoms with van der Waals surface area (Å²) in [6.07, 6.45) is 39.2. The maximum atomic E-state index is 12.0. The van der Waals surface area contributed by atoms with Crippen LogP contribution in [0.1, 0.15) is 128 Å². The molecule has 12 heterocycles. The zero-order valence-corrected chi connectivity index (χ0v) is 62.7. The van der Waals surface area contributed by atoms with Crippen LogP contribution >= 0.6 is 23.2 Å². The number of anilines is 12. The highest BCUT2D eigenvalue weighted by molar-refractivity contribution is 6.33. The van der Waals surface area contributed by atoms with Crippen molar-refractivity contribution in [1.29, 1.82) is 0 Å². The van der Waals surface area contributed by atoms with Gasteiger partial charge in [-0.15, -0.1) is 0 Å². The molecule has 4 atom stereocenters. The Labute approximate surface area is 618 Å². The van der Waals surface area contributed by atoms with E-state index in [9.17, 15) is 9.59 Å². The first-order valence-electron chi connectivity index (χ1n) is 37.1. The van der Waals surface area contributed by atoms with Crippen molar-refractivity contribution in [2.45, 2.75) is 155 Å². The fourth-order valence-corrected chi connectivity index (χ4v) is 16.8. The second-order valence-corrected chi connectivity index (χ2v) is 30.8. The first kappa shape index (κ1) is 73.3. The van der Waals surface area contributed by atoms with Gasteiger partial charge in [-0.25, -0.2) is 19.9 Å². The quantitative estimate of drug-likeness (QED) is 0.0382. The van der Waals surface area contributed by atoms with Gasteiger partial charge in [0.2, 0.25) is 35.6 Å². The number of nitrogens with zero attached hydrogens (tertiary/aromatic N) is 18. The number of hydrogen-bond acceptors (Lipinski definition) is 24. The molecule has 8 aromatic rings. The van der Waals surface area contributed by atoms with E-state index in [-0.39, 0.29) is 5.91 Å². The van der Waals surface area contributed by atoms with Crippen molar-refractivity contribution in [2.24, 2.45) is 62.7 Å². The molecule has 0 bridgehead atoms. The van der Waals surface area contributed by atoms with Crippen molar-refractivity contribution in [1.82, 2.24) is 99.4 Å². The Bertz CT molecular complexity index is 4160. The van der Waals surface area contributed by atoms with Crippen LogP contribution < -0.4 is 53.2 Å². The zero-order valence-electron chi connectivity index (χ0n) is 61.1. The van der Waals surface area contributed by atoms with Gasteiger partial charge in [0.25, 0.3) is 0 Å². The Morgan fingerprint density at radius 1 is 0.462 bits per heavy atom. The number of carbonyl (C=O) groups excluding carboxylic acids is 2. The summed E-state index contributed by atoms with van der Waals surface area (Å²) in [6, 6.07) is 1.67. The van der Waals surface area contributed by atoms with Crippen LogP contribution in [0.4, 0.5) is 69.8 Å². The number of carbonyl (C=O) groups is 2. The van der Waals surface area contributed by atoms with E-state index in [1.807, 2.05) is 91.0 Å². The monoisotopic (exact) mass is 1460 g/mol. The Kier molecular flexibility index (Phi) is 23.3. The molecule has 2 amide bonds. The summed E-state index contributed by atoms with van der Waals surface area (Å²) in [5.74, 6) is 8.59. The molecule has 104 heavy (non-hydrogen) atoms. The number of amides is 2. The molecule has 0 radical (unpaired) electrons. The van der Waals surface area contributed by atoms with Gasteiger partial charge in [0.1, 0.15) is 21.7 Å². The minimum Gasteiger partial charge on any atom is -0.367 e. The summed E-state index contributed by atoms with van der Waals surface area (Å²) in [4.78, 5) is 63.7. The molecule has 32 heteroatoms. The lowest BCUT2D eigenvalue weighted by molar-refractivity contribution is -0.131. The number of aromatic nitrogens is 16. The first-order valence-corrected chi connectivity index (χ1v) is 37.8. The standard InChI is InChI=1S/C21H31N7O.C18H24ClN7O.C18H27N7.C15H20ClN7/c1-4-18(29)28-10-9-21(14-28)7-5-16(6-8-21)24-19-15(2)11-22-20(26-19)25-17-12-23-27(3)13-17;1-3-16(27)26-8-11-4-13(5-12(11)9-26)22-17-15(19)7-20-18(24-17)23-14-6-21-25(2)10-14;1-13-9-20-17(23-15-10-21-25(2)11-15)24-16(13)22-14-3-5-18(6-4-14)7-8-19-12-18;1-23-8-12(6-19-23)21-15-18-7-13(16)14(22-15)20-11-2-9-4-17-5-10(9)3-11/h11-13,16H,4-10,14H2,1-3H3,(H2,22,24,25,26);6-7,10-13H,3-5,8-9H2,1-2H3,(H2,20,22,23,24);9-11,14,19H,3-8,12H2,1-2H3,(H2,20,22,23,24);6-11,17H,2-5H2,1H3,(H2,18,20,21,22). The van der Waals surface area contributed by atoms with Crippen LogP contribution in [0.15, 0.2) is 74.4 Å². The summed E-state index contributed by atoms with van der Waals surface area (Å²) >= 11 is 12.6. The lowest BCUT2D eigenvalue weighted by Gasteiger charge is -2.37. The van der Waals surface area contributed by atoms with E-state index < -0.39 is 0 Å². The van der Waals surface area contributed by atoms with Gasteiger partial charge in [-0.1, -0.05) is 37.0 Å². The first-order chi connectivity index (χ1) is 50.3. The average Bonchev–Trinajstić information content (AvgIpc) is 1.63. The van der Waals surface area contributed by atoms with E-state index in [0.29, 0.717) is 111 Å². The maximum Gasteiger partial charge on any atom is 0.229 e. The highest BCUT2D eigenvalue weighted by atomic mass is 35.5. The van der Waals surface area contributed by atoms with Crippen LogP contribution in [-0.2, 0) is 37.8 Å². The number of aryl methyl sites for hydroxylation is 6. The van der Waals surface area contributed by atoms with Crippen LogP contribution in [0.2, 0.25) is 10.0 Å². The van der Waals surface area contributed by atoms with E-state index in [4.69, 9.17) is 23.2 Å². The molecular formula is C72H102Cl2N28O2. The number of hydrogen-bond donors (Lipinski definition) is 10. The molecule has 4 saturated heterocycles. The number of fused-ring (bicyclic) bond motifs is 2. The fraction of sp³-hybridized carbons (Fsp3) is 0.583. The molecule has 16 rings (SSSR count). The Hall–Kier alpha value is -9.00. The van der Waals surface area contributed by atoms with Crippen LogP contribution in [0.5, 0.6) is 0 Å². The molecule has 4 unspecified atom stereocenters. The third kappa shape index (κ3) is 18.7. The number of nitrogens with one attached hydrogen (secondary N) is 10. The predicted molar refractivity (Wildman–Crippen MR) is 406 cm³/mol. The van der Waals surface area contributed by atoms with Gasteiger partial charge < -0.3 is 63.0 Å². The second kappa shape index (κ2) is 33.0. The van der Waals surface area contributed by atoms with Crippen molar-refractivity contribution in [3.63, 3.8) is 0 Å². The smallest absolute Gasteiger partial charge is 0.229 e. The normalized spacial score (nSPS) is 25.1. The van der Waals surface area contributed by atoms with E-state index in [1.165, 1.54) is 70.9 Å².